The number of nitrogen functional groups attached to an aromatic ring is 1. The first-order valence-electron chi connectivity index (χ1n) is 3.98. The predicted octanol–water partition coefficient (Wildman–Crippen LogP) is 1.44. The molecule has 7 heteroatoms. The molecular formula is C9H6F2N2O3. The summed E-state index contributed by atoms with van der Waals surface area (Å²) >= 11 is 0. The average Bonchev–Trinajstić information content (AvgIpc) is 2.18. The number of nitrogens with zero attached hydrogens (tertiary/aromatic N) is 1. The van der Waals surface area contributed by atoms with Gasteiger partial charge >= 0.3 is 12.6 Å². The van der Waals surface area contributed by atoms with Crippen molar-refractivity contribution in [3.63, 3.8) is 0 Å². The Morgan fingerprint density at radius 2 is 2.19 bits per heavy atom. The largest absolute Gasteiger partial charge is 0.478 e. The van der Waals surface area contributed by atoms with Crippen LogP contribution in [0.3, 0.4) is 0 Å². The van der Waals surface area contributed by atoms with Crippen LogP contribution in [0.2, 0.25) is 0 Å². The van der Waals surface area contributed by atoms with Crippen LogP contribution < -0.4 is 10.5 Å². The predicted molar refractivity (Wildman–Crippen MR) is 49.2 cm³/mol. The number of carbonyl (C=O) groups is 1. The highest BCUT2D eigenvalue weighted by molar-refractivity contribution is 5.97. The molecule has 16 heavy (non-hydrogen) atoms. The van der Waals surface area contributed by atoms with Gasteiger partial charge in [0.05, 0.1) is 0 Å². The second-order valence-corrected chi connectivity index (χ2v) is 2.70. The highest BCUT2D eigenvalue weighted by Crippen LogP contribution is 2.27. The molecule has 0 radical (unpaired) electrons. The van der Waals surface area contributed by atoms with Crippen LogP contribution in [0.15, 0.2) is 12.1 Å². The number of nitriles is 1. The van der Waals surface area contributed by atoms with Crippen LogP contribution in [0, 0.1) is 11.3 Å². The smallest absolute Gasteiger partial charge is 0.387 e. The molecule has 0 amide bonds. The topological polar surface area (TPSA) is 96.3 Å². The van der Waals surface area contributed by atoms with Crippen LogP contribution in [0.1, 0.15) is 15.9 Å². The maximum atomic E-state index is 12.0. The van der Waals surface area contributed by atoms with Crippen molar-refractivity contribution in [2.75, 3.05) is 5.73 Å². The number of carboxylic acids is 1. The number of halogens is 2. The quantitative estimate of drug-likeness (QED) is 0.763. The number of benzene rings is 1. The molecule has 1 aromatic carbocycles. The molecule has 0 fully saturated rings. The van der Waals surface area contributed by atoms with E-state index in [-0.39, 0.29) is 5.69 Å². The van der Waals surface area contributed by atoms with Gasteiger partial charge in [-0.15, -0.1) is 0 Å². The van der Waals surface area contributed by atoms with Crippen molar-refractivity contribution in [3.05, 3.63) is 23.3 Å². The van der Waals surface area contributed by atoms with E-state index in [4.69, 9.17) is 16.1 Å². The van der Waals surface area contributed by atoms with Crippen molar-refractivity contribution in [3.8, 4) is 11.8 Å². The molecule has 0 aliphatic rings. The number of hydrogen-bond donors (Lipinski definition) is 2. The van der Waals surface area contributed by atoms with Gasteiger partial charge in [-0.1, -0.05) is 0 Å². The van der Waals surface area contributed by atoms with E-state index in [9.17, 15) is 13.6 Å². The highest BCUT2D eigenvalue weighted by Gasteiger charge is 2.20. The molecule has 0 aliphatic heterocycles. The molecule has 1 rings (SSSR count). The molecule has 0 atom stereocenters. The van der Waals surface area contributed by atoms with Gasteiger partial charge in [-0.05, 0) is 12.1 Å². The Morgan fingerprint density at radius 1 is 1.56 bits per heavy atom. The number of ether oxygens (including phenoxy) is 1. The van der Waals surface area contributed by atoms with E-state index >= 15 is 0 Å². The maximum absolute atomic E-state index is 12.0. The number of carboxylic acid groups (broad SMARTS) is 1. The molecule has 5 nitrogen and oxygen atoms in total. The van der Waals surface area contributed by atoms with E-state index in [0.717, 1.165) is 12.1 Å². The van der Waals surface area contributed by atoms with Crippen molar-refractivity contribution in [1.82, 2.24) is 0 Å². The lowest BCUT2D eigenvalue weighted by Gasteiger charge is -2.09. The minimum absolute atomic E-state index is 0.189. The summed E-state index contributed by atoms with van der Waals surface area (Å²) in [7, 11) is 0. The van der Waals surface area contributed by atoms with Crippen LogP contribution in [0.5, 0.6) is 5.75 Å². The number of rotatable bonds is 3. The SMILES string of the molecule is N#Cc1c(OC(F)F)ccc(N)c1C(=O)O. The summed E-state index contributed by atoms with van der Waals surface area (Å²) in [6.07, 6.45) is 0. The molecule has 0 aliphatic carbocycles. The monoisotopic (exact) mass is 228 g/mol. The number of nitrogens with two attached hydrogens (primary N) is 1. The first kappa shape index (κ1) is 11.7. The number of hydrogen-bond acceptors (Lipinski definition) is 4. The van der Waals surface area contributed by atoms with E-state index in [1.54, 1.807) is 0 Å². The normalized spacial score (nSPS) is 9.88. The Labute approximate surface area is 88.7 Å². The Balaban J connectivity index is 3.38. The molecule has 0 heterocycles. The van der Waals surface area contributed by atoms with Crippen LogP contribution in [-0.2, 0) is 0 Å². The molecule has 0 saturated heterocycles. The lowest BCUT2D eigenvalue weighted by molar-refractivity contribution is -0.0501. The molecule has 0 aromatic heterocycles. The van der Waals surface area contributed by atoms with Gasteiger partial charge < -0.3 is 15.6 Å². The van der Waals surface area contributed by atoms with Crippen LogP contribution >= 0.6 is 0 Å². The molecular weight excluding hydrogens is 222 g/mol. The van der Waals surface area contributed by atoms with Crippen molar-refractivity contribution in [1.29, 1.82) is 5.26 Å². The highest BCUT2D eigenvalue weighted by atomic mass is 19.3. The standard InChI is InChI=1S/C9H6F2N2O3/c10-9(11)16-6-2-1-5(13)7(8(14)15)4(6)3-12/h1-2,9H,13H2,(H,14,15). The molecule has 0 saturated carbocycles. The van der Waals surface area contributed by atoms with E-state index in [2.05, 4.69) is 4.74 Å². The number of anilines is 1. The van der Waals surface area contributed by atoms with Gasteiger partial charge in [-0.25, -0.2) is 4.79 Å². The summed E-state index contributed by atoms with van der Waals surface area (Å²) in [6, 6.07) is 3.58. The van der Waals surface area contributed by atoms with E-state index in [1.165, 1.54) is 6.07 Å². The third kappa shape index (κ3) is 2.17. The first-order valence-corrected chi connectivity index (χ1v) is 3.98. The Morgan fingerprint density at radius 3 is 2.62 bits per heavy atom. The van der Waals surface area contributed by atoms with Crippen molar-refractivity contribution >= 4 is 11.7 Å². The lowest BCUT2D eigenvalue weighted by atomic mass is 10.1. The average molecular weight is 228 g/mol. The summed E-state index contributed by atoms with van der Waals surface area (Å²) in [5.41, 5.74) is 4.07. The summed E-state index contributed by atoms with van der Waals surface area (Å²) in [5, 5.41) is 17.5. The van der Waals surface area contributed by atoms with Gasteiger partial charge in [-0.2, -0.15) is 14.0 Å². The van der Waals surface area contributed by atoms with Gasteiger partial charge in [-0.3, -0.25) is 0 Å². The van der Waals surface area contributed by atoms with E-state index in [0.29, 0.717) is 0 Å². The molecule has 0 unspecified atom stereocenters. The zero-order chi connectivity index (χ0) is 12.3. The van der Waals surface area contributed by atoms with Gasteiger partial charge in [0.1, 0.15) is 22.9 Å². The first-order chi connectivity index (χ1) is 7.47. The lowest BCUT2D eigenvalue weighted by Crippen LogP contribution is -2.10. The Kier molecular flexibility index (Phi) is 3.25. The Bertz CT molecular complexity index is 469. The maximum Gasteiger partial charge on any atom is 0.387 e. The molecule has 3 N–H and O–H groups in total. The van der Waals surface area contributed by atoms with Gasteiger partial charge in [0, 0.05) is 5.69 Å². The van der Waals surface area contributed by atoms with Crippen molar-refractivity contribution in [2.45, 2.75) is 6.61 Å². The third-order valence-electron chi connectivity index (χ3n) is 1.74. The van der Waals surface area contributed by atoms with Gasteiger partial charge in [0.2, 0.25) is 0 Å². The van der Waals surface area contributed by atoms with Crippen LogP contribution in [0.4, 0.5) is 14.5 Å². The van der Waals surface area contributed by atoms with Gasteiger partial charge in [0.15, 0.2) is 0 Å². The van der Waals surface area contributed by atoms with E-state index in [1.807, 2.05) is 0 Å². The third-order valence-corrected chi connectivity index (χ3v) is 1.74. The van der Waals surface area contributed by atoms with E-state index < -0.39 is 29.5 Å². The van der Waals surface area contributed by atoms with Gasteiger partial charge in [0.25, 0.3) is 0 Å². The molecule has 0 spiro atoms. The summed E-state index contributed by atoms with van der Waals surface area (Å²) in [4.78, 5) is 10.8. The summed E-state index contributed by atoms with van der Waals surface area (Å²) in [6.45, 7) is -3.14. The molecule has 1 aromatic rings. The van der Waals surface area contributed by atoms with Crippen LogP contribution in [-0.4, -0.2) is 17.7 Å². The zero-order valence-electron chi connectivity index (χ0n) is 7.78. The molecule has 84 valence electrons. The number of aromatic carboxylic acids is 1. The summed E-state index contributed by atoms with van der Waals surface area (Å²) in [5.74, 6) is -1.99. The second kappa shape index (κ2) is 4.44. The minimum atomic E-state index is -3.14. The minimum Gasteiger partial charge on any atom is -0.478 e. The van der Waals surface area contributed by atoms with Crippen molar-refractivity contribution in [2.24, 2.45) is 0 Å². The van der Waals surface area contributed by atoms with Crippen LogP contribution in [0.25, 0.3) is 0 Å². The molecule has 0 bridgehead atoms. The fraction of sp³-hybridized carbons (Fsp3) is 0.111. The zero-order valence-corrected chi connectivity index (χ0v) is 7.78. The fourth-order valence-electron chi connectivity index (χ4n) is 1.14. The second-order valence-electron chi connectivity index (χ2n) is 2.70. The number of alkyl halides is 2. The summed E-state index contributed by atoms with van der Waals surface area (Å²) < 4.78 is 27.9. The van der Waals surface area contributed by atoms with Crippen molar-refractivity contribution < 1.29 is 23.4 Å². The fourth-order valence-corrected chi connectivity index (χ4v) is 1.14. The Hall–Kier alpha value is -2.36.